The van der Waals surface area contributed by atoms with E-state index in [0.29, 0.717) is 6.54 Å². The zero-order valence-corrected chi connectivity index (χ0v) is 10.5. The fraction of sp³-hybridized carbons (Fsp3) is 0.667. The summed E-state index contributed by atoms with van der Waals surface area (Å²) in [6, 6.07) is 0. The molecule has 0 spiro atoms. The fourth-order valence-corrected chi connectivity index (χ4v) is 2.38. The van der Waals surface area contributed by atoms with Crippen molar-refractivity contribution < 1.29 is 0 Å². The number of thiazole rings is 1. The number of likely N-dealkylation sites (N-methyl/N-ethyl adjacent to an activating group) is 1. The van der Waals surface area contributed by atoms with Crippen LogP contribution < -0.4 is 10.6 Å². The Balaban J connectivity index is 0.00000112. The van der Waals surface area contributed by atoms with Crippen LogP contribution in [0.25, 0.3) is 0 Å². The number of aromatic nitrogens is 1. The molecule has 6 heteroatoms. The summed E-state index contributed by atoms with van der Waals surface area (Å²) in [5.41, 5.74) is 5.56. The number of rotatable bonds is 2. The van der Waals surface area contributed by atoms with E-state index in [4.69, 9.17) is 5.73 Å². The van der Waals surface area contributed by atoms with Crippen molar-refractivity contribution in [3.05, 3.63) is 11.1 Å². The van der Waals surface area contributed by atoms with Crippen molar-refractivity contribution >= 4 is 28.9 Å². The number of anilines is 1. The smallest absolute Gasteiger partial charge is 0.185 e. The second kappa shape index (κ2) is 5.65. The van der Waals surface area contributed by atoms with E-state index in [-0.39, 0.29) is 12.4 Å². The highest BCUT2D eigenvalue weighted by Gasteiger charge is 2.16. The molecule has 1 aliphatic heterocycles. The van der Waals surface area contributed by atoms with Gasteiger partial charge in [0.1, 0.15) is 0 Å². The van der Waals surface area contributed by atoms with Gasteiger partial charge in [0.25, 0.3) is 0 Å². The molecule has 1 saturated heterocycles. The normalized spacial score (nSPS) is 17.6. The lowest BCUT2D eigenvalue weighted by atomic mass is 10.3. The zero-order chi connectivity index (χ0) is 9.97. The second-order valence-electron chi connectivity index (χ2n) is 3.60. The summed E-state index contributed by atoms with van der Waals surface area (Å²) in [6.45, 7) is 5.00. The Morgan fingerprint density at radius 1 is 1.40 bits per heavy atom. The van der Waals surface area contributed by atoms with E-state index in [1.54, 1.807) is 11.3 Å². The van der Waals surface area contributed by atoms with Crippen molar-refractivity contribution in [3.8, 4) is 0 Å². The largest absolute Gasteiger partial charge is 0.346 e. The van der Waals surface area contributed by atoms with Gasteiger partial charge in [0.2, 0.25) is 0 Å². The van der Waals surface area contributed by atoms with Gasteiger partial charge in [-0.15, -0.1) is 23.7 Å². The van der Waals surface area contributed by atoms with Crippen LogP contribution in [-0.2, 0) is 6.54 Å². The number of hydrogen-bond acceptors (Lipinski definition) is 5. The van der Waals surface area contributed by atoms with Crippen molar-refractivity contribution in [1.82, 2.24) is 9.88 Å². The summed E-state index contributed by atoms with van der Waals surface area (Å²) in [5.74, 6) is 0. The minimum absolute atomic E-state index is 0. The first-order valence-corrected chi connectivity index (χ1v) is 5.69. The summed E-state index contributed by atoms with van der Waals surface area (Å²) < 4.78 is 0. The first kappa shape index (κ1) is 12.7. The molecular formula is C9H17ClN4S. The molecule has 2 N–H and O–H groups in total. The molecule has 0 aliphatic carbocycles. The molecule has 2 rings (SSSR count). The van der Waals surface area contributed by atoms with Gasteiger partial charge in [-0.25, -0.2) is 4.98 Å². The standard InChI is InChI=1S/C9H16N4S.ClH/c1-12-2-4-13(5-3-12)9-11-7-8(6-10)14-9;/h7H,2-6,10H2,1H3;1H. The molecule has 4 nitrogen and oxygen atoms in total. The van der Waals surface area contributed by atoms with Crippen molar-refractivity contribution in [2.45, 2.75) is 6.54 Å². The Bertz CT molecular complexity index is 296. The molecular weight excluding hydrogens is 232 g/mol. The topological polar surface area (TPSA) is 45.4 Å². The SMILES string of the molecule is CN1CCN(c2ncc(CN)s2)CC1.Cl. The van der Waals surface area contributed by atoms with Crippen molar-refractivity contribution in [1.29, 1.82) is 0 Å². The van der Waals surface area contributed by atoms with E-state index in [2.05, 4.69) is 21.8 Å². The number of nitrogens with zero attached hydrogens (tertiary/aromatic N) is 3. The van der Waals surface area contributed by atoms with Crippen LogP contribution in [0, 0.1) is 0 Å². The lowest BCUT2D eigenvalue weighted by Crippen LogP contribution is -2.44. The third kappa shape index (κ3) is 3.04. The average Bonchev–Trinajstić information content (AvgIpc) is 2.67. The minimum atomic E-state index is 0. The average molecular weight is 249 g/mol. The van der Waals surface area contributed by atoms with E-state index in [9.17, 15) is 0 Å². The van der Waals surface area contributed by atoms with E-state index in [1.165, 1.54) is 4.88 Å². The molecule has 1 fully saturated rings. The van der Waals surface area contributed by atoms with Crippen LogP contribution in [-0.4, -0.2) is 43.1 Å². The first-order chi connectivity index (χ1) is 6.79. The fourth-order valence-electron chi connectivity index (χ4n) is 1.54. The highest BCUT2D eigenvalue weighted by atomic mass is 35.5. The Labute approximate surface area is 100 Å². The molecule has 1 aromatic rings. The monoisotopic (exact) mass is 248 g/mol. The Kier molecular flexibility index (Phi) is 4.79. The van der Waals surface area contributed by atoms with E-state index in [1.807, 2.05) is 6.20 Å². The van der Waals surface area contributed by atoms with Gasteiger partial charge in [-0.2, -0.15) is 0 Å². The van der Waals surface area contributed by atoms with Gasteiger partial charge in [-0.3, -0.25) is 0 Å². The molecule has 0 saturated carbocycles. The summed E-state index contributed by atoms with van der Waals surface area (Å²) in [5, 5.41) is 1.12. The molecule has 0 atom stereocenters. The molecule has 0 aromatic carbocycles. The van der Waals surface area contributed by atoms with E-state index < -0.39 is 0 Å². The van der Waals surface area contributed by atoms with Gasteiger partial charge in [0.15, 0.2) is 5.13 Å². The quantitative estimate of drug-likeness (QED) is 0.840. The van der Waals surface area contributed by atoms with Gasteiger partial charge in [-0.05, 0) is 7.05 Å². The highest BCUT2D eigenvalue weighted by molar-refractivity contribution is 7.15. The van der Waals surface area contributed by atoms with Crippen LogP contribution >= 0.6 is 23.7 Å². The third-order valence-corrected chi connectivity index (χ3v) is 3.60. The predicted molar refractivity (Wildman–Crippen MR) is 67.0 cm³/mol. The van der Waals surface area contributed by atoms with Crippen LogP contribution in [0.3, 0.4) is 0 Å². The molecule has 1 aromatic heterocycles. The van der Waals surface area contributed by atoms with E-state index >= 15 is 0 Å². The number of halogens is 1. The first-order valence-electron chi connectivity index (χ1n) is 4.88. The molecule has 0 bridgehead atoms. The van der Waals surface area contributed by atoms with Crippen LogP contribution in [0.1, 0.15) is 4.88 Å². The summed E-state index contributed by atoms with van der Waals surface area (Å²) in [7, 11) is 2.16. The van der Waals surface area contributed by atoms with Crippen LogP contribution in [0.5, 0.6) is 0 Å². The third-order valence-electron chi connectivity index (χ3n) is 2.52. The minimum Gasteiger partial charge on any atom is -0.346 e. The summed E-state index contributed by atoms with van der Waals surface area (Å²) in [6.07, 6.45) is 1.89. The van der Waals surface area contributed by atoms with Gasteiger partial charge in [0, 0.05) is 43.8 Å². The summed E-state index contributed by atoms with van der Waals surface area (Å²) in [4.78, 5) is 10.2. The van der Waals surface area contributed by atoms with Gasteiger partial charge in [0.05, 0.1) is 0 Å². The molecule has 15 heavy (non-hydrogen) atoms. The van der Waals surface area contributed by atoms with Crippen LogP contribution in [0.4, 0.5) is 5.13 Å². The Hall–Kier alpha value is -0.360. The second-order valence-corrected chi connectivity index (χ2v) is 4.70. The van der Waals surface area contributed by atoms with E-state index in [0.717, 1.165) is 31.3 Å². The molecule has 1 aliphatic rings. The van der Waals surface area contributed by atoms with Crippen molar-refractivity contribution in [3.63, 3.8) is 0 Å². The maximum atomic E-state index is 5.56. The maximum Gasteiger partial charge on any atom is 0.185 e. The summed E-state index contributed by atoms with van der Waals surface area (Å²) >= 11 is 1.71. The maximum absolute atomic E-state index is 5.56. The number of hydrogen-bond donors (Lipinski definition) is 1. The van der Waals surface area contributed by atoms with Crippen molar-refractivity contribution in [2.24, 2.45) is 5.73 Å². The highest BCUT2D eigenvalue weighted by Crippen LogP contribution is 2.22. The van der Waals surface area contributed by atoms with Gasteiger partial charge in [-0.1, -0.05) is 0 Å². The number of piperazine rings is 1. The van der Waals surface area contributed by atoms with Crippen LogP contribution in [0.2, 0.25) is 0 Å². The molecule has 2 heterocycles. The Morgan fingerprint density at radius 2 is 2.07 bits per heavy atom. The predicted octanol–water partition coefficient (Wildman–Crippen LogP) is 0.775. The van der Waals surface area contributed by atoms with Crippen molar-refractivity contribution in [2.75, 3.05) is 38.1 Å². The molecule has 0 amide bonds. The lowest BCUT2D eigenvalue weighted by Gasteiger charge is -2.32. The Morgan fingerprint density at radius 3 is 2.60 bits per heavy atom. The zero-order valence-electron chi connectivity index (χ0n) is 8.85. The van der Waals surface area contributed by atoms with Gasteiger partial charge < -0.3 is 15.5 Å². The number of nitrogens with two attached hydrogens (primary N) is 1. The van der Waals surface area contributed by atoms with Crippen LogP contribution in [0.15, 0.2) is 6.20 Å². The lowest BCUT2D eigenvalue weighted by molar-refractivity contribution is 0.313. The van der Waals surface area contributed by atoms with Gasteiger partial charge >= 0.3 is 0 Å². The molecule has 86 valence electrons. The molecule has 0 unspecified atom stereocenters. The molecule has 0 radical (unpaired) electrons.